The predicted molar refractivity (Wildman–Crippen MR) is 104 cm³/mol. The molecule has 1 atom stereocenters. The van der Waals surface area contributed by atoms with E-state index in [1.54, 1.807) is 4.90 Å². The Bertz CT molecular complexity index is 706. The molecule has 0 N–H and O–H groups in total. The van der Waals surface area contributed by atoms with Crippen molar-refractivity contribution < 1.29 is 14.4 Å². The number of hydrogen-bond donors (Lipinski definition) is 0. The number of piperidine rings is 2. The summed E-state index contributed by atoms with van der Waals surface area (Å²) in [5, 5.41) is 0. The Kier molecular flexibility index (Phi) is 5.68. The maximum absolute atomic E-state index is 12.7. The first-order valence-corrected chi connectivity index (χ1v) is 9.93. The number of amides is 2. The lowest BCUT2D eigenvalue weighted by Crippen LogP contribution is -2.54. The molecule has 2 heterocycles. The van der Waals surface area contributed by atoms with Gasteiger partial charge < -0.3 is 9.80 Å². The van der Waals surface area contributed by atoms with Gasteiger partial charge in [-0.3, -0.25) is 14.4 Å². The van der Waals surface area contributed by atoms with Crippen LogP contribution in [0, 0.1) is 11.3 Å². The van der Waals surface area contributed by atoms with Gasteiger partial charge in [-0.1, -0.05) is 44.2 Å². The summed E-state index contributed by atoms with van der Waals surface area (Å²) in [6.45, 7) is 5.85. The molecule has 3 rings (SSSR count). The van der Waals surface area contributed by atoms with E-state index in [9.17, 15) is 14.4 Å². The molecule has 1 aromatic carbocycles. The molecule has 0 saturated carbocycles. The first-order valence-electron chi connectivity index (χ1n) is 9.93. The molecule has 2 amide bonds. The van der Waals surface area contributed by atoms with Crippen molar-refractivity contribution in [2.75, 3.05) is 26.7 Å². The van der Waals surface area contributed by atoms with Crippen LogP contribution in [0.5, 0.6) is 0 Å². The Labute approximate surface area is 161 Å². The topological polar surface area (TPSA) is 57.7 Å². The molecule has 5 nitrogen and oxygen atoms in total. The van der Waals surface area contributed by atoms with Crippen molar-refractivity contribution >= 4 is 17.6 Å². The fourth-order valence-electron chi connectivity index (χ4n) is 4.56. The summed E-state index contributed by atoms with van der Waals surface area (Å²) in [7, 11) is 1.88. The molecule has 0 aliphatic carbocycles. The van der Waals surface area contributed by atoms with Crippen LogP contribution >= 0.6 is 0 Å². The van der Waals surface area contributed by atoms with Gasteiger partial charge in [0.1, 0.15) is 0 Å². The van der Waals surface area contributed by atoms with E-state index in [0.717, 1.165) is 31.4 Å². The standard InChI is InChI=1S/C22H30N2O3/c1-16(2)13-19(25)21(27)24-11-9-22(10-12-24)14-18(20(26)23(3)15-22)17-7-5-4-6-8-17/h4-8,16,18H,9-15H2,1-3H3/t18-/m1/s1. The van der Waals surface area contributed by atoms with Gasteiger partial charge in [-0.05, 0) is 36.2 Å². The summed E-state index contributed by atoms with van der Waals surface area (Å²) in [6.07, 6.45) is 2.82. The van der Waals surface area contributed by atoms with Crippen LogP contribution in [0.3, 0.4) is 0 Å². The summed E-state index contributed by atoms with van der Waals surface area (Å²) >= 11 is 0. The zero-order chi connectivity index (χ0) is 19.6. The molecule has 2 aliphatic heterocycles. The second kappa shape index (κ2) is 7.83. The Morgan fingerprint density at radius 2 is 1.78 bits per heavy atom. The number of ketones is 1. The molecule has 5 heteroatoms. The highest BCUT2D eigenvalue weighted by Crippen LogP contribution is 2.45. The second-order valence-electron chi connectivity index (χ2n) is 8.68. The van der Waals surface area contributed by atoms with Gasteiger partial charge in [0, 0.05) is 33.1 Å². The molecule has 146 valence electrons. The quantitative estimate of drug-likeness (QED) is 0.766. The number of nitrogens with zero attached hydrogens (tertiary/aromatic N) is 2. The Balaban J connectivity index is 1.68. The number of rotatable bonds is 4. The molecule has 2 fully saturated rings. The van der Waals surface area contributed by atoms with Gasteiger partial charge in [0.25, 0.3) is 5.91 Å². The normalized spacial score (nSPS) is 22.4. The van der Waals surface area contributed by atoms with Crippen molar-refractivity contribution in [2.24, 2.45) is 11.3 Å². The van der Waals surface area contributed by atoms with Crippen molar-refractivity contribution in [1.29, 1.82) is 0 Å². The van der Waals surface area contributed by atoms with Crippen LogP contribution in [0.4, 0.5) is 0 Å². The van der Waals surface area contributed by atoms with E-state index < -0.39 is 0 Å². The van der Waals surface area contributed by atoms with Gasteiger partial charge in [-0.15, -0.1) is 0 Å². The average molecular weight is 370 g/mol. The van der Waals surface area contributed by atoms with Crippen LogP contribution < -0.4 is 0 Å². The fourth-order valence-corrected chi connectivity index (χ4v) is 4.56. The molecule has 27 heavy (non-hydrogen) atoms. The number of likely N-dealkylation sites (N-methyl/N-ethyl adjacent to an activating group) is 1. The largest absolute Gasteiger partial charge is 0.345 e. The van der Waals surface area contributed by atoms with E-state index in [2.05, 4.69) is 0 Å². The van der Waals surface area contributed by atoms with Gasteiger partial charge in [0.05, 0.1) is 5.92 Å². The Morgan fingerprint density at radius 3 is 2.37 bits per heavy atom. The third-order valence-corrected chi connectivity index (χ3v) is 6.03. The van der Waals surface area contributed by atoms with Crippen molar-refractivity contribution in [1.82, 2.24) is 9.80 Å². The van der Waals surface area contributed by atoms with Crippen molar-refractivity contribution in [3.8, 4) is 0 Å². The molecule has 2 saturated heterocycles. The molecule has 2 aliphatic rings. The zero-order valence-electron chi connectivity index (χ0n) is 16.6. The monoisotopic (exact) mass is 370 g/mol. The van der Waals surface area contributed by atoms with E-state index in [1.165, 1.54) is 0 Å². The first-order chi connectivity index (χ1) is 12.8. The number of carbonyl (C=O) groups excluding carboxylic acids is 3. The van der Waals surface area contributed by atoms with E-state index in [4.69, 9.17) is 0 Å². The molecule has 1 aromatic rings. The third-order valence-electron chi connectivity index (χ3n) is 6.03. The van der Waals surface area contributed by atoms with Gasteiger partial charge >= 0.3 is 0 Å². The van der Waals surface area contributed by atoms with Crippen LogP contribution in [0.1, 0.15) is 51.0 Å². The van der Waals surface area contributed by atoms with Crippen LogP contribution in [-0.4, -0.2) is 54.1 Å². The van der Waals surface area contributed by atoms with Crippen LogP contribution in [0.25, 0.3) is 0 Å². The minimum absolute atomic E-state index is 0.0288. The molecular formula is C22H30N2O3. The van der Waals surface area contributed by atoms with E-state index in [-0.39, 0.29) is 34.8 Å². The number of hydrogen-bond acceptors (Lipinski definition) is 3. The maximum atomic E-state index is 12.7. The minimum atomic E-state index is -0.335. The molecule has 1 spiro atoms. The second-order valence-corrected chi connectivity index (χ2v) is 8.68. The highest BCUT2D eigenvalue weighted by molar-refractivity contribution is 6.36. The highest BCUT2D eigenvalue weighted by atomic mass is 16.2. The van der Waals surface area contributed by atoms with Gasteiger partial charge in [-0.25, -0.2) is 0 Å². The van der Waals surface area contributed by atoms with Crippen LogP contribution in [0.2, 0.25) is 0 Å². The predicted octanol–water partition coefficient (Wildman–Crippen LogP) is 2.86. The summed E-state index contributed by atoms with van der Waals surface area (Å²) < 4.78 is 0. The lowest BCUT2D eigenvalue weighted by molar-refractivity contribution is -0.148. The molecule has 0 radical (unpaired) electrons. The summed E-state index contributed by atoms with van der Waals surface area (Å²) in [5.41, 5.74) is 1.10. The van der Waals surface area contributed by atoms with Crippen molar-refractivity contribution in [2.45, 2.75) is 45.4 Å². The molecular weight excluding hydrogens is 340 g/mol. The van der Waals surface area contributed by atoms with E-state index >= 15 is 0 Å². The maximum Gasteiger partial charge on any atom is 0.289 e. The van der Waals surface area contributed by atoms with Crippen molar-refractivity contribution in [3.05, 3.63) is 35.9 Å². The van der Waals surface area contributed by atoms with E-state index in [1.807, 2.05) is 56.1 Å². The van der Waals surface area contributed by atoms with Crippen LogP contribution in [-0.2, 0) is 14.4 Å². The highest BCUT2D eigenvalue weighted by Gasteiger charge is 2.45. The Hall–Kier alpha value is -2.17. The molecule has 0 unspecified atom stereocenters. The summed E-state index contributed by atoms with van der Waals surface area (Å²) in [6, 6.07) is 9.98. The number of benzene rings is 1. The number of likely N-dealkylation sites (tertiary alicyclic amines) is 2. The SMILES string of the molecule is CC(C)CC(=O)C(=O)N1CCC2(CC1)C[C@H](c1ccccc1)C(=O)N(C)C2. The average Bonchev–Trinajstić information content (AvgIpc) is 2.65. The number of Topliss-reactive ketones (excluding diaryl/α,β-unsaturated/α-hetero) is 1. The van der Waals surface area contributed by atoms with Crippen LogP contribution in [0.15, 0.2) is 30.3 Å². The summed E-state index contributed by atoms with van der Waals surface area (Å²) in [4.78, 5) is 40.8. The third kappa shape index (κ3) is 4.23. The lowest BCUT2D eigenvalue weighted by atomic mass is 9.67. The smallest absolute Gasteiger partial charge is 0.289 e. The Morgan fingerprint density at radius 1 is 1.15 bits per heavy atom. The van der Waals surface area contributed by atoms with Gasteiger partial charge in [-0.2, -0.15) is 0 Å². The fraction of sp³-hybridized carbons (Fsp3) is 0.591. The van der Waals surface area contributed by atoms with Gasteiger partial charge in [0.2, 0.25) is 11.7 Å². The minimum Gasteiger partial charge on any atom is -0.345 e. The van der Waals surface area contributed by atoms with E-state index in [0.29, 0.717) is 19.5 Å². The van der Waals surface area contributed by atoms with Gasteiger partial charge in [0.15, 0.2) is 0 Å². The lowest BCUT2D eigenvalue weighted by Gasteiger charge is -2.49. The molecule has 0 aromatic heterocycles. The molecule has 0 bridgehead atoms. The zero-order valence-corrected chi connectivity index (χ0v) is 16.6. The number of carbonyl (C=O) groups is 3. The first kappa shape index (κ1) is 19.6. The summed E-state index contributed by atoms with van der Waals surface area (Å²) in [5.74, 6) is -0.355. The van der Waals surface area contributed by atoms with Crippen molar-refractivity contribution in [3.63, 3.8) is 0 Å².